The van der Waals surface area contributed by atoms with Crippen LogP contribution in [-0.2, 0) is 10.3 Å². The van der Waals surface area contributed by atoms with Gasteiger partial charge >= 0.3 is 6.03 Å². The maximum absolute atomic E-state index is 13.0. The van der Waals surface area contributed by atoms with Crippen LogP contribution in [0.4, 0.5) is 4.79 Å². The van der Waals surface area contributed by atoms with Crippen molar-refractivity contribution < 1.29 is 28.9 Å². The summed E-state index contributed by atoms with van der Waals surface area (Å²) < 4.78 is 16.2. The van der Waals surface area contributed by atoms with Gasteiger partial charge in [0.25, 0.3) is 5.91 Å². The van der Waals surface area contributed by atoms with Gasteiger partial charge in [-0.1, -0.05) is 23.8 Å². The Bertz CT molecular complexity index is 945. The number of nitrogens with zero attached hydrogens (tertiary/aromatic N) is 1. The third kappa shape index (κ3) is 3.58. The standard InChI is InChI=1S/C21H22N2O6/c1-13-3-6-16(7-4-13)27-11-15(24)10-23-19(25)21(2,22-20(23)26)14-5-8-17-18(9-14)29-12-28-17/h3-9,15,24H,10-12H2,1-2H3,(H,22,26)/t15-,21+/m1/s1. The number of β-amino-alcohol motifs (C(OH)–C–C–N with tert-alkyl or cyclic N) is 1. The van der Waals surface area contributed by atoms with Gasteiger partial charge in [-0.3, -0.25) is 9.69 Å². The quantitative estimate of drug-likeness (QED) is 0.722. The minimum Gasteiger partial charge on any atom is -0.491 e. The Labute approximate surface area is 168 Å². The number of hydrogen-bond acceptors (Lipinski definition) is 6. The van der Waals surface area contributed by atoms with Crippen molar-refractivity contribution in [3.05, 3.63) is 53.6 Å². The van der Waals surface area contributed by atoms with Gasteiger partial charge in [0.15, 0.2) is 11.5 Å². The lowest BCUT2D eigenvalue weighted by molar-refractivity contribution is -0.132. The van der Waals surface area contributed by atoms with Gasteiger partial charge in [0.05, 0.1) is 6.54 Å². The molecule has 3 amide bonds. The molecule has 2 N–H and O–H groups in total. The minimum atomic E-state index is -1.25. The average molecular weight is 398 g/mol. The van der Waals surface area contributed by atoms with E-state index < -0.39 is 23.6 Å². The van der Waals surface area contributed by atoms with E-state index >= 15 is 0 Å². The number of urea groups is 1. The van der Waals surface area contributed by atoms with Gasteiger partial charge in [-0.05, 0) is 43.7 Å². The zero-order valence-corrected chi connectivity index (χ0v) is 16.2. The van der Waals surface area contributed by atoms with Crippen LogP contribution in [0, 0.1) is 6.92 Å². The van der Waals surface area contributed by atoms with Gasteiger partial charge < -0.3 is 24.6 Å². The fourth-order valence-corrected chi connectivity index (χ4v) is 3.36. The summed E-state index contributed by atoms with van der Waals surface area (Å²) in [5, 5.41) is 13.0. The van der Waals surface area contributed by atoms with Crippen molar-refractivity contribution in [3.63, 3.8) is 0 Å². The molecule has 1 saturated heterocycles. The highest BCUT2D eigenvalue weighted by molar-refractivity contribution is 6.07. The van der Waals surface area contributed by atoms with Crippen molar-refractivity contribution in [2.75, 3.05) is 19.9 Å². The van der Waals surface area contributed by atoms with Crippen LogP contribution in [0.1, 0.15) is 18.1 Å². The van der Waals surface area contributed by atoms with Gasteiger partial charge in [-0.15, -0.1) is 0 Å². The number of aliphatic hydroxyl groups is 1. The Kier molecular flexibility index (Phi) is 4.79. The molecule has 2 aromatic rings. The zero-order valence-electron chi connectivity index (χ0n) is 16.2. The molecule has 2 atom stereocenters. The molecular formula is C21H22N2O6. The molecule has 8 nitrogen and oxygen atoms in total. The topological polar surface area (TPSA) is 97.3 Å². The largest absolute Gasteiger partial charge is 0.491 e. The molecule has 0 aliphatic carbocycles. The second kappa shape index (κ2) is 7.29. The fourth-order valence-electron chi connectivity index (χ4n) is 3.36. The molecule has 0 radical (unpaired) electrons. The Balaban J connectivity index is 1.43. The highest BCUT2D eigenvalue weighted by Gasteiger charge is 2.49. The second-order valence-corrected chi connectivity index (χ2v) is 7.32. The number of fused-ring (bicyclic) bond motifs is 1. The van der Waals surface area contributed by atoms with Crippen LogP contribution >= 0.6 is 0 Å². The summed E-state index contributed by atoms with van der Waals surface area (Å²) in [7, 11) is 0. The molecule has 2 aliphatic rings. The zero-order chi connectivity index (χ0) is 20.6. The first kappa shape index (κ1) is 19.1. The van der Waals surface area contributed by atoms with E-state index in [4.69, 9.17) is 14.2 Å². The number of ether oxygens (including phenoxy) is 3. The molecule has 29 heavy (non-hydrogen) atoms. The van der Waals surface area contributed by atoms with Crippen LogP contribution in [0.5, 0.6) is 17.2 Å². The average Bonchev–Trinajstić information content (AvgIpc) is 3.26. The lowest BCUT2D eigenvalue weighted by Gasteiger charge is -2.23. The van der Waals surface area contributed by atoms with E-state index in [-0.39, 0.29) is 19.9 Å². The highest BCUT2D eigenvalue weighted by atomic mass is 16.7. The van der Waals surface area contributed by atoms with Crippen molar-refractivity contribution >= 4 is 11.9 Å². The maximum atomic E-state index is 13.0. The van der Waals surface area contributed by atoms with Crippen molar-refractivity contribution in [2.24, 2.45) is 0 Å². The number of carbonyl (C=O) groups excluding carboxylic acids is 2. The Hall–Kier alpha value is -3.26. The molecule has 2 aromatic carbocycles. The van der Waals surface area contributed by atoms with E-state index in [1.807, 2.05) is 19.1 Å². The van der Waals surface area contributed by atoms with E-state index in [0.29, 0.717) is 22.8 Å². The first-order valence-corrected chi connectivity index (χ1v) is 9.28. The Morgan fingerprint density at radius 1 is 1.17 bits per heavy atom. The summed E-state index contributed by atoms with van der Waals surface area (Å²) in [6.07, 6.45) is -1.02. The molecule has 8 heteroatoms. The van der Waals surface area contributed by atoms with E-state index in [2.05, 4.69) is 5.32 Å². The molecule has 0 aromatic heterocycles. The number of nitrogens with one attached hydrogen (secondary N) is 1. The molecule has 152 valence electrons. The summed E-state index contributed by atoms with van der Waals surface area (Å²) in [6, 6.07) is 11.9. The van der Waals surface area contributed by atoms with Crippen LogP contribution in [0.3, 0.4) is 0 Å². The smallest absolute Gasteiger partial charge is 0.325 e. The number of aryl methyl sites for hydroxylation is 1. The number of imide groups is 1. The fraction of sp³-hybridized carbons (Fsp3) is 0.333. The van der Waals surface area contributed by atoms with Crippen molar-refractivity contribution in [3.8, 4) is 17.2 Å². The van der Waals surface area contributed by atoms with Crippen molar-refractivity contribution in [1.82, 2.24) is 10.2 Å². The molecule has 2 heterocycles. The molecule has 0 spiro atoms. The van der Waals surface area contributed by atoms with Crippen molar-refractivity contribution in [2.45, 2.75) is 25.5 Å². The molecule has 0 bridgehead atoms. The predicted molar refractivity (Wildman–Crippen MR) is 103 cm³/mol. The summed E-state index contributed by atoms with van der Waals surface area (Å²) in [4.78, 5) is 26.5. The van der Waals surface area contributed by atoms with Gasteiger partial charge in [-0.25, -0.2) is 4.79 Å². The number of aliphatic hydroxyl groups excluding tert-OH is 1. The van der Waals surface area contributed by atoms with Gasteiger partial charge in [0.1, 0.15) is 24.0 Å². The maximum Gasteiger partial charge on any atom is 0.325 e. The minimum absolute atomic E-state index is 0.0408. The molecule has 4 rings (SSSR count). The lowest BCUT2D eigenvalue weighted by atomic mass is 9.91. The van der Waals surface area contributed by atoms with Crippen LogP contribution in [0.15, 0.2) is 42.5 Å². The van der Waals surface area contributed by atoms with Gasteiger partial charge in [0.2, 0.25) is 6.79 Å². The van der Waals surface area contributed by atoms with Gasteiger partial charge in [0, 0.05) is 0 Å². The highest BCUT2D eigenvalue weighted by Crippen LogP contribution is 2.37. The van der Waals surface area contributed by atoms with Crippen LogP contribution in [-0.4, -0.2) is 48.0 Å². The summed E-state index contributed by atoms with van der Waals surface area (Å²) in [5.74, 6) is 1.28. The SMILES string of the molecule is Cc1ccc(OC[C@H](O)CN2C(=O)N[C@@](C)(c3ccc4c(c3)OCO4)C2=O)cc1. The predicted octanol–water partition coefficient (Wildman–Crippen LogP) is 1.93. The third-order valence-electron chi connectivity index (χ3n) is 5.08. The van der Waals surface area contributed by atoms with E-state index in [1.165, 1.54) is 0 Å². The number of benzene rings is 2. The monoisotopic (exact) mass is 398 g/mol. The molecule has 0 saturated carbocycles. The van der Waals surface area contributed by atoms with E-state index in [1.54, 1.807) is 37.3 Å². The normalized spacial score (nSPS) is 21.3. The second-order valence-electron chi connectivity index (χ2n) is 7.32. The number of hydrogen-bond donors (Lipinski definition) is 2. The number of carbonyl (C=O) groups is 2. The first-order chi connectivity index (χ1) is 13.9. The van der Waals surface area contributed by atoms with Crippen LogP contribution in [0.2, 0.25) is 0 Å². The Morgan fingerprint density at radius 3 is 2.66 bits per heavy atom. The summed E-state index contributed by atoms with van der Waals surface area (Å²) >= 11 is 0. The molecule has 1 fully saturated rings. The summed E-state index contributed by atoms with van der Waals surface area (Å²) in [5.41, 5.74) is 0.420. The summed E-state index contributed by atoms with van der Waals surface area (Å²) in [6.45, 7) is 3.50. The lowest BCUT2D eigenvalue weighted by Crippen LogP contribution is -2.42. The van der Waals surface area contributed by atoms with E-state index in [9.17, 15) is 14.7 Å². The van der Waals surface area contributed by atoms with Gasteiger partial charge in [-0.2, -0.15) is 0 Å². The van der Waals surface area contributed by atoms with E-state index in [0.717, 1.165) is 10.5 Å². The number of amides is 3. The number of rotatable bonds is 6. The van der Waals surface area contributed by atoms with Crippen LogP contribution in [0.25, 0.3) is 0 Å². The molecule has 0 unspecified atom stereocenters. The molecular weight excluding hydrogens is 376 g/mol. The first-order valence-electron chi connectivity index (χ1n) is 9.28. The Morgan fingerprint density at radius 2 is 1.90 bits per heavy atom. The van der Waals surface area contributed by atoms with Crippen LogP contribution < -0.4 is 19.5 Å². The molecule has 2 aliphatic heterocycles. The third-order valence-corrected chi connectivity index (χ3v) is 5.08. The van der Waals surface area contributed by atoms with Crippen molar-refractivity contribution in [1.29, 1.82) is 0 Å².